The monoisotopic (exact) mass is 682 g/mol. The second-order valence-corrected chi connectivity index (χ2v) is 14.3. The second kappa shape index (κ2) is 12.3. The molecule has 0 aliphatic rings. The molecule has 0 aliphatic carbocycles. The highest BCUT2D eigenvalue weighted by atomic mass is 14.2. The molecule has 11 aromatic rings. The molecule has 250 valence electrons. The van der Waals surface area contributed by atoms with Crippen LogP contribution in [0.3, 0.4) is 0 Å². The zero-order valence-electron chi connectivity index (χ0n) is 29.6. The summed E-state index contributed by atoms with van der Waals surface area (Å²) in [5, 5.41) is 15.2. The zero-order valence-corrected chi connectivity index (χ0v) is 29.6. The van der Waals surface area contributed by atoms with Gasteiger partial charge in [-0.2, -0.15) is 0 Å². The maximum atomic E-state index is 2.44. The molecule has 11 rings (SSSR count). The highest BCUT2D eigenvalue weighted by Gasteiger charge is 2.22. The first-order chi connectivity index (χ1) is 26.8. The first kappa shape index (κ1) is 30.6. The van der Waals surface area contributed by atoms with Crippen molar-refractivity contribution >= 4 is 64.6 Å². The minimum absolute atomic E-state index is 1.21. The molecule has 0 nitrogen and oxygen atoms in total. The van der Waals surface area contributed by atoms with Crippen LogP contribution in [0, 0.1) is 0 Å². The molecule has 0 aliphatic heterocycles. The molecule has 11 aromatic carbocycles. The van der Waals surface area contributed by atoms with Gasteiger partial charge in [0, 0.05) is 0 Å². The Bertz CT molecular complexity index is 3260. The van der Waals surface area contributed by atoms with Crippen LogP contribution < -0.4 is 0 Å². The predicted molar refractivity (Wildman–Crippen MR) is 233 cm³/mol. The topological polar surface area (TPSA) is 0 Å². The number of hydrogen-bond acceptors (Lipinski definition) is 0. The number of benzene rings is 11. The van der Waals surface area contributed by atoms with E-state index in [1.54, 1.807) is 0 Å². The molecule has 0 saturated carbocycles. The molecular weight excluding hydrogens is 649 g/mol. The van der Waals surface area contributed by atoms with E-state index in [0.717, 1.165) is 0 Å². The van der Waals surface area contributed by atoms with Crippen molar-refractivity contribution in [2.45, 2.75) is 0 Å². The van der Waals surface area contributed by atoms with E-state index in [2.05, 4.69) is 206 Å². The molecule has 0 fully saturated rings. The van der Waals surface area contributed by atoms with Gasteiger partial charge in [0.15, 0.2) is 0 Å². The number of rotatable bonds is 4. The van der Waals surface area contributed by atoms with Gasteiger partial charge >= 0.3 is 0 Å². The largest absolute Gasteiger partial charge is 0.0622 e. The Kier molecular flexibility index (Phi) is 6.97. The summed E-state index contributed by atoms with van der Waals surface area (Å²) in [4.78, 5) is 0. The van der Waals surface area contributed by atoms with Crippen LogP contribution in [0.4, 0.5) is 0 Å². The van der Waals surface area contributed by atoms with E-state index in [-0.39, 0.29) is 0 Å². The van der Waals surface area contributed by atoms with E-state index in [1.807, 2.05) is 0 Å². The standard InChI is InChI=1S/C54H34/c1-2-16-35(17-3-1)36-30-31-49-52(32-36)54(51-34-38-19-5-7-21-40(38)42-23-9-11-25-44(42)51)48-29-15-14-28-47(48)53(49)46-27-13-12-26-45(46)50-33-37-18-4-6-20-39(37)41-22-8-10-24-43(41)50/h1-34H. The lowest BCUT2D eigenvalue weighted by Crippen LogP contribution is -1.95. The molecule has 0 heterocycles. The number of hydrogen-bond donors (Lipinski definition) is 0. The van der Waals surface area contributed by atoms with Crippen LogP contribution >= 0.6 is 0 Å². The first-order valence-corrected chi connectivity index (χ1v) is 18.8. The maximum absolute atomic E-state index is 2.44. The molecule has 0 atom stereocenters. The van der Waals surface area contributed by atoms with Gasteiger partial charge in [-0.15, -0.1) is 0 Å². The van der Waals surface area contributed by atoms with Gasteiger partial charge in [-0.25, -0.2) is 0 Å². The van der Waals surface area contributed by atoms with Gasteiger partial charge in [0.25, 0.3) is 0 Å². The van der Waals surface area contributed by atoms with Crippen molar-refractivity contribution in [1.82, 2.24) is 0 Å². The molecule has 0 unspecified atom stereocenters. The van der Waals surface area contributed by atoms with Crippen molar-refractivity contribution in [1.29, 1.82) is 0 Å². The highest BCUT2D eigenvalue weighted by Crippen LogP contribution is 2.49. The number of fused-ring (bicyclic) bond motifs is 8. The summed E-state index contributed by atoms with van der Waals surface area (Å²) in [7, 11) is 0. The van der Waals surface area contributed by atoms with E-state index in [0.29, 0.717) is 0 Å². The van der Waals surface area contributed by atoms with Crippen LogP contribution in [0.1, 0.15) is 0 Å². The van der Waals surface area contributed by atoms with Gasteiger partial charge < -0.3 is 0 Å². The van der Waals surface area contributed by atoms with Crippen LogP contribution in [0.15, 0.2) is 206 Å². The van der Waals surface area contributed by atoms with Crippen molar-refractivity contribution in [2.24, 2.45) is 0 Å². The molecule has 0 bridgehead atoms. The van der Waals surface area contributed by atoms with Crippen molar-refractivity contribution in [3.05, 3.63) is 206 Å². The van der Waals surface area contributed by atoms with Crippen LogP contribution in [0.25, 0.3) is 109 Å². The molecule has 0 spiro atoms. The van der Waals surface area contributed by atoms with E-state index in [1.165, 1.54) is 109 Å². The minimum Gasteiger partial charge on any atom is -0.0622 e. The Balaban J connectivity index is 1.30. The first-order valence-electron chi connectivity index (χ1n) is 18.8. The third-order valence-electron chi connectivity index (χ3n) is 11.4. The smallest absolute Gasteiger partial charge is 0.00197 e. The van der Waals surface area contributed by atoms with Crippen molar-refractivity contribution in [3.8, 4) is 44.5 Å². The Morgan fingerprint density at radius 2 is 0.611 bits per heavy atom. The summed E-state index contributed by atoms with van der Waals surface area (Å²) in [6.45, 7) is 0. The van der Waals surface area contributed by atoms with Gasteiger partial charge in [0.2, 0.25) is 0 Å². The Labute approximate surface area is 314 Å². The van der Waals surface area contributed by atoms with Crippen molar-refractivity contribution < 1.29 is 0 Å². The molecule has 0 N–H and O–H groups in total. The van der Waals surface area contributed by atoms with Crippen LogP contribution in [-0.4, -0.2) is 0 Å². The highest BCUT2D eigenvalue weighted by molar-refractivity contribution is 6.27. The molecule has 0 amide bonds. The van der Waals surface area contributed by atoms with Crippen LogP contribution in [0.5, 0.6) is 0 Å². The molecule has 54 heavy (non-hydrogen) atoms. The Morgan fingerprint density at radius 3 is 1.24 bits per heavy atom. The average Bonchev–Trinajstić information content (AvgIpc) is 3.25. The SMILES string of the molecule is c1ccc(-c2ccc3c(-c4ccccc4-c4cc5ccccc5c5ccccc45)c4ccccc4c(-c4cc5ccccc5c5ccccc45)c3c2)cc1. The molecule has 0 radical (unpaired) electrons. The van der Waals surface area contributed by atoms with E-state index in [4.69, 9.17) is 0 Å². The quantitative estimate of drug-likeness (QED) is 0.128. The fraction of sp³-hybridized carbons (Fsp3) is 0. The summed E-state index contributed by atoms with van der Waals surface area (Å²) >= 11 is 0. The summed E-state index contributed by atoms with van der Waals surface area (Å²) in [6.07, 6.45) is 0. The zero-order chi connectivity index (χ0) is 35.6. The predicted octanol–water partition coefficient (Wildman–Crippen LogP) is 15.3. The van der Waals surface area contributed by atoms with Gasteiger partial charge in [0.05, 0.1) is 0 Å². The molecular formula is C54H34. The molecule has 0 heteroatoms. The van der Waals surface area contributed by atoms with Crippen LogP contribution in [0.2, 0.25) is 0 Å². The summed E-state index contributed by atoms with van der Waals surface area (Å²) in [5.41, 5.74) is 9.96. The lowest BCUT2D eigenvalue weighted by Gasteiger charge is -2.22. The van der Waals surface area contributed by atoms with E-state index >= 15 is 0 Å². The van der Waals surface area contributed by atoms with E-state index in [9.17, 15) is 0 Å². The summed E-state index contributed by atoms with van der Waals surface area (Å²) < 4.78 is 0. The summed E-state index contributed by atoms with van der Waals surface area (Å²) in [6, 6.07) is 76.2. The fourth-order valence-electron chi connectivity index (χ4n) is 9.04. The Morgan fingerprint density at radius 1 is 0.185 bits per heavy atom. The van der Waals surface area contributed by atoms with Gasteiger partial charge in [0.1, 0.15) is 0 Å². The lowest BCUT2D eigenvalue weighted by atomic mass is 9.81. The lowest BCUT2D eigenvalue weighted by molar-refractivity contribution is 1.63. The van der Waals surface area contributed by atoms with E-state index < -0.39 is 0 Å². The van der Waals surface area contributed by atoms with Gasteiger partial charge in [-0.05, 0) is 127 Å². The van der Waals surface area contributed by atoms with Gasteiger partial charge in [-0.3, -0.25) is 0 Å². The third-order valence-corrected chi connectivity index (χ3v) is 11.4. The van der Waals surface area contributed by atoms with Crippen LogP contribution in [-0.2, 0) is 0 Å². The van der Waals surface area contributed by atoms with Crippen molar-refractivity contribution in [3.63, 3.8) is 0 Å². The second-order valence-electron chi connectivity index (χ2n) is 14.3. The molecule has 0 saturated heterocycles. The fourth-order valence-corrected chi connectivity index (χ4v) is 9.04. The summed E-state index contributed by atoms with van der Waals surface area (Å²) in [5.74, 6) is 0. The van der Waals surface area contributed by atoms with Crippen molar-refractivity contribution in [2.75, 3.05) is 0 Å². The Hall–Kier alpha value is -7.02. The average molecular weight is 683 g/mol. The minimum atomic E-state index is 1.21. The molecule has 0 aromatic heterocycles. The maximum Gasteiger partial charge on any atom is -0.00197 e. The normalized spacial score (nSPS) is 11.7. The third kappa shape index (κ3) is 4.71. The van der Waals surface area contributed by atoms with Gasteiger partial charge in [-0.1, -0.05) is 188 Å².